The molecule has 1 saturated carbocycles. The molecule has 3 heterocycles. The van der Waals surface area contributed by atoms with Gasteiger partial charge in [-0.05, 0) is 57.9 Å². The monoisotopic (exact) mass is 432 g/mol. The Morgan fingerprint density at radius 1 is 1.13 bits per heavy atom. The van der Waals surface area contributed by atoms with Crippen LogP contribution in [0.2, 0.25) is 0 Å². The van der Waals surface area contributed by atoms with Crippen molar-refractivity contribution < 1.29 is 9.21 Å². The van der Waals surface area contributed by atoms with Crippen molar-refractivity contribution in [2.24, 2.45) is 0 Å². The van der Waals surface area contributed by atoms with Crippen LogP contribution in [0.25, 0.3) is 17.1 Å². The maximum atomic E-state index is 13.1. The van der Waals surface area contributed by atoms with E-state index in [0.29, 0.717) is 22.8 Å². The second-order valence-electron chi connectivity index (χ2n) is 7.97. The van der Waals surface area contributed by atoms with Crippen molar-refractivity contribution in [1.29, 1.82) is 0 Å². The summed E-state index contributed by atoms with van der Waals surface area (Å²) < 4.78 is 9.78. The molecule has 0 N–H and O–H groups in total. The fraction of sp³-hybridized carbons (Fsp3) is 0.292. The molecule has 0 atom stereocenters. The number of aryl methyl sites for hydroxylation is 2. The molecule has 1 aliphatic carbocycles. The van der Waals surface area contributed by atoms with Gasteiger partial charge in [-0.3, -0.25) is 9.36 Å². The molecule has 7 heteroatoms. The van der Waals surface area contributed by atoms with Crippen LogP contribution in [0, 0.1) is 20.8 Å². The van der Waals surface area contributed by atoms with E-state index in [1.807, 2.05) is 54.0 Å². The van der Waals surface area contributed by atoms with Crippen molar-refractivity contribution in [2.45, 2.75) is 44.8 Å². The predicted molar refractivity (Wildman–Crippen MR) is 121 cm³/mol. The molecule has 0 amide bonds. The SMILES string of the molecule is Cc1occc1-c1nnc(SCC(=O)c2cc(C)n(C3CC3)c2C)n1-c1ccccc1. The number of carbonyl (C=O) groups is 1. The number of aromatic nitrogens is 4. The number of hydrogen-bond donors (Lipinski definition) is 0. The van der Waals surface area contributed by atoms with Crippen LogP contribution < -0.4 is 0 Å². The first kappa shape index (κ1) is 19.9. The van der Waals surface area contributed by atoms with Crippen molar-refractivity contribution in [3.05, 3.63) is 71.4 Å². The van der Waals surface area contributed by atoms with Gasteiger partial charge in [0.05, 0.1) is 17.6 Å². The van der Waals surface area contributed by atoms with Gasteiger partial charge in [-0.1, -0.05) is 30.0 Å². The fourth-order valence-corrected chi connectivity index (χ4v) is 4.96. The summed E-state index contributed by atoms with van der Waals surface area (Å²) in [5.41, 5.74) is 4.89. The number of benzene rings is 1. The molecule has 0 bridgehead atoms. The van der Waals surface area contributed by atoms with Gasteiger partial charge in [-0.15, -0.1) is 10.2 Å². The van der Waals surface area contributed by atoms with Crippen LogP contribution in [-0.2, 0) is 0 Å². The lowest BCUT2D eigenvalue weighted by molar-refractivity contribution is 0.102. The van der Waals surface area contributed by atoms with Crippen LogP contribution in [0.5, 0.6) is 0 Å². The number of furan rings is 1. The third-order valence-electron chi connectivity index (χ3n) is 5.78. The summed E-state index contributed by atoms with van der Waals surface area (Å²) in [4.78, 5) is 13.1. The van der Waals surface area contributed by atoms with Crippen LogP contribution in [0.4, 0.5) is 0 Å². The lowest BCUT2D eigenvalue weighted by atomic mass is 10.2. The molecule has 158 valence electrons. The smallest absolute Gasteiger partial charge is 0.196 e. The predicted octanol–water partition coefficient (Wildman–Crippen LogP) is 5.56. The molecule has 1 aromatic carbocycles. The topological polar surface area (TPSA) is 65.8 Å². The third-order valence-corrected chi connectivity index (χ3v) is 6.71. The minimum atomic E-state index is 0.119. The molecule has 0 aliphatic heterocycles. The molecular weight excluding hydrogens is 408 g/mol. The second kappa shape index (κ2) is 7.89. The third kappa shape index (κ3) is 3.63. The van der Waals surface area contributed by atoms with E-state index >= 15 is 0 Å². The van der Waals surface area contributed by atoms with Crippen molar-refractivity contribution in [3.8, 4) is 17.1 Å². The van der Waals surface area contributed by atoms with Crippen LogP contribution >= 0.6 is 11.8 Å². The minimum Gasteiger partial charge on any atom is -0.469 e. The Morgan fingerprint density at radius 2 is 1.90 bits per heavy atom. The van der Waals surface area contributed by atoms with Gasteiger partial charge < -0.3 is 8.98 Å². The Balaban J connectivity index is 1.45. The quantitative estimate of drug-likeness (QED) is 0.282. The van der Waals surface area contributed by atoms with Crippen molar-refractivity contribution >= 4 is 17.5 Å². The highest BCUT2D eigenvalue weighted by Gasteiger charge is 2.28. The van der Waals surface area contributed by atoms with Crippen molar-refractivity contribution in [2.75, 3.05) is 5.75 Å². The molecular formula is C24H24N4O2S. The average Bonchev–Trinajstić information content (AvgIpc) is 3.23. The van der Waals surface area contributed by atoms with E-state index in [-0.39, 0.29) is 5.78 Å². The van der Waals surface area contributed by atoms with E-state index in [0.717, 1.165) is 28.3 Å². The molecule has 31 heavy (non-hydrogen) atoms. The van der Waals surface area contributed by atoms with E-state index < -0.39 is 0 Å². The van der Waals surface area contributed by atoms with E-state index in [9.17, 15) is 4.79 Å². The zero-order chi connectivity index (χ0) is 21.5. The Bertz CT molecular complexity index is 1250. The Morgan fingerprint density at radius 3 is 2.58 bits per heavy atom. The van der Waals surface area contributed by atoms with Gasteiger partial charge in [0, 0.05) is 28.7 Å². The minimum absolute atomic E-state index is 0.119. The van der Waals surface area contributed by atoms with Crippen LogP contribution in [0.1, 0.15) is 46.4 Å². The van der Waals surface area contributed by atoms with E-state index in [1.54, 1.807) is 6.26 Å². The average molecular weight is 433 g/mol. The number of nitrogens with zero attached hydrogens (tertiary/aromatic N) is 4. The van der Waals surface area contributed by atoms with Crippen molar-refractivity contribution in [3.63, 3.8) is 0 Å². The zero-order valence-electron chi connectivity index (χ0n) is 17.8. The first-order valence-corrected chi connectivity index (χ1v) is 11.4. The summed E-state index contributed by atoms with van der Waals surface area (Å²) in [6, 6.07) is 14.4. The van der Waals surface area contributed by atoms with Gasteiger partial charge >= 0.3 is 0 Å². The summed E-state index contributed by atoms with van der Waals surface area (Å²) in [6.07, 6.45) is 4.06. The summed E-state index contributed by atoms with van der Waals surface area (Å²) >= 11 is 1.42. The molecule has 0 spiro atoms. The number of carbonyl (C=O) groups excluding carboxylic acids is 1. The van der Waals surface area contributed by atoms with Gasteiger partial charge in [0.25, 0.3) is 0 Å². The Labute approximate surface area is 185 Å². The summed E-state index contributed by atoms with van der Waals surface area (Å²) in [7, 11) is 0. The summed E-state index contributed by atoms with van der Waals surface area (Å²) in [6.45, 7) is 6.04. The molecule has 3 aromatic heterocycles. The van der Waals surface area contributed by atoms with Gasteiger partial charge in [0.15, 0.2) is 16.8 Å². The number of hydrogen-bond acceptors (Lipinski definition) is 5. The fourth-order valence-electron chi connectivity index (χ4n) is 4.13. The van der Waals surface area contributed by atoms with E-state index in [4.69, 9.17) is 4.42 Å². The largest absolute Gasteiger partial charge is 0.469 e. The zero-order valence-corrected chi connectivity index (χ0v) is 18.6. The molecule has 4 aromatic rings. The number of para-hydroxylation sites is 1. The first-order valence-electron chi connectivity index (χ1n) is 10.4. The molecule has 1 aliphatic rings. The van der Waals surface area contributed by atoms with E-state index in [1.165, 1.54) is 30.3 Å². The highest BCUT2D eigenvalue weighted by atomic mass is 32.2. The normalized spacial score (nSPS) is 13.6. The molecule has 0 saturated heterocycles. The van der Waals surface area contributed by atoms with Crippen LogP contribution in [0.3, 0.4) is 0 Å². The molecule has 6 nitrogen and oxygen atoms in total. The lowest BCUT2D eigenvalue weighted by Gasteiger charge is -2.10. The number of rotatable bonds is 7. The maximum Gasteiger partial charge on any atom is 0.196 e. The van der Waals surface area contributed by atoms with Crippen molar-refractivity contribution in [1.82, 2.24) is 19.3 Å². The molecule has 1 fully saturated rings. The van der Waals surface area contributed by atoms with Gasteiger partial charge in [0.1, 0.15) is 5.76 Å². The Kier molecular flexibility index (Phi) is 5.06. The maximum absolute atomic E-state index is 13.1. The highest BCUT2D eigenvalue weighted by Crippen LogP contribution is 2.38. The standard InChI is InChI=1S/C24H24N4O2S/c1-15-13-21(16(2)27(15)19-9-10-19)22(29)14-31-24-26-25-23(20-11-12-30-17(20)3)28(24)18-7-5-4-6-8-18/h4-8,11-13,19H,9-10,14H2,1-3H3. The van der Waals surface area contributed by atoms with Gasteiger partial charge in [-0.25, -0.2) is 0 Å². The number of thioether (sulfide) groups is 1. The van der Waals surface area contributed by atoms with Gasteiger partial charge in [0.2, 0.25) is 0 Å². The highest BCUT2D eigenvalue weighted by molar-refractivity contribution is 7.99. The second-order valence-corrected chi connectivity index (χ2v) is 8.91. The first-order chi connectivity index (χ1) is 15.0. The Hall–Kier alpha value is -3.06. The van der Waals surface area contributed by atoms with Gasteiger partial charge in [-0.2, -0.15) is 0 Å². The lowest BCUT2D eigenvalue weighted by Crippen LogP contribution is -2.07. The number of Topliss-reactive ketones (excluding diaryl/α,β-unsaturated/α-hetero) is 1. The summed E-state index contributed by atoms with van der Waals surface area (Å²) in [5.74, 6) is 1.92. The molecule has 0 unspecified atom stereocenters. The molecule has 5 rings (SSSR count). The number of ketones is 1. The van der Waals surface area contributed by atoms with Crippen LogP contribution in [-0.4, -0.2) is 30.9 Å². The summed E-state index contributed by atoms with van der Waals surface area (Å²) in [5, 5.41) is 9.53. The molecule has 0 radical (unpaired) electrons. The van der Waals surface area contributed by atoms with E-state index in [2.05, 4.69) is 28.6 Å². The van der Waals surface area contributed by atoms with Crippen LogP contribution in [0.15, 0.2) is 58.3 Å².